The number of aliphatic hydroxyl groups is 3. The first kappa shape index (κ1) is 81.4. The number of hydrogen-bond donors (Lipinski definition) is 4. The van der Waals surface area contributed by atoms with Gasteiger partial charge < -0.3 is 49.2 Å². The molecule has 0 bridgehead atoms. The van der Waals surface area contributed by atoms with Crippen molar-refractivity contribution in [1.82, 2.24) is 5.32 Å². The molecular weight excluding hydrogens is 1410 g/mol. The number of methoxy groups -OCH3 is 4. The molecule has 492 valence electrons. The summed E-state index contributed by atoms with van der Waals surface area (Å²) in [4.78, 5) is 12.6. The van der Waals surface area contributed by atoms with E-state index in [2.05, 4.69) is 22.3 Å². The lowest BCUT2D eigenvalue weighted by atomic mass is 9.88. The standard InChI is InChI=1S/C19H20Cl3NO.C13H16Cl4O.C13H18Cl2O3.C8H6Cl2O.C7H4Cl2O.C5H13NO2/c1-24-12-13-2-9-19(17-8-5-15(21)10-18(17)22)23(11-13)16-6-3-14(20)4-7-16;1-18-8-9(7-14)2-5-12(16)11-4-3-10(15)6-13(11)17;1-18-8-9(7-16)2-5-13(17)11-4-3-10(14)6-12(11)15;9-5-1-2-6(7(10)3-5)8-4-11-8;8-6-2-1-5(4-10)7(9)3-6;1-6-5(3-7)4-8-2/h3-8,10,13,19H,2,9,11-12H2,1H3;3-4,6,9,12H,2,5,7-8H2,1H3;3-4,6,9,13,16-17H,2,5,7-8H2,1H3;1-3,8H,4H2;1-4H;5-7H,3-4H2,1-2H3/t13-,19-;;;;;/m1...../s1. The van der Waals surface area contributed by atoms with E-state index in [1.165, 1.54) is 6.07 Å². The number of rotatable bonds is 24. The number of nitrogens with zero attached hydrogens (tertiary/aromatic N) is 1. The van der Waals surface area contributed by atoms with Crippen molar-refractivity contribution in [2.75, 3.05) is 99.1 Å². The zero-order chi connectivity index (χ0) is 66.0. The molecule has 6 aromatic rings. The van der Waals surface area contributed by atoms with Gasteiger partial charge in [0.25, 0.3) is 0 Å². The molecule has 8 rings (SSSR count). The quantitative estimate of drug-likeness (QED) is 0.0261. The summed E-state index contributed by atoms with van der Waals surface area (Å²) in [6.45, 7) is 4.36. The summed E-state index contributed by atoms with van der Waals surface area (Å²) < 4.78 is 25.3. The molecule has 89 heavy (non-hydrogen) atoms. The van der Waals surface area contributed by atoms with Crippen LogP contribution in [0.4, 0.5) is 5.69 Å². The molecule has 2 aliphatic rings. The number of benzene rings is 6. The highest BCUT2D eigenvalue weighted by Gasteiger charge is 2.31. The Bertz CT molecular complexity index is 2900. The maximum Gasteiger partial charge on any atom is 0.151 e. The zero-order valence-corrected chi connectivity index (χ0v) is 59.8. The summed E-state index contributed by atoms with van der Waals surface area (Å²) in [6, 6.07) is 34.7. The number of piperidine rings is 1. The van der Waals surface area contributed by atoms with E-state index >= 15 is 0 Å². The fraction of sp³-hybridized carbons (Fsp3) is 0.431. The van der Waals surface area contributed by atoms with E-state index in [1.807, 2.05) is 48.5 Å². The lowest BCUT2D eigenvalue weighted by molar-refractivity contribution is 0.0878. The van der Waals surface area contributed by atoms with Crippen LogP contribution in [-0.2, 0) is 23.7 Å². The van der Waals surface area contributed by atoms with Crippen molar-refractivity contribution in [3.8, 4) is 0 Å². The number of nitrogens with one attached hydrogen (secondary N) is 1. The molecule has 6 unspecified atom stereocenters. The monoisotopic (exact) mass is 1480 g/mol. The normalized spacial score (nSPS) is 16.6. The van der Waals surface area contributed by atoms with Gasteiger partial charge in [-0.15, -0.1) is 23.2 Å². The fourth-order valence-corrected chi connectivity index (χ4v) is 12.3. The van der Waals surface area contributed by atoms with E-state index in [0.29, 0.717) is 113 Å². The lowest BCUT2D eigenvalue weighted by Crippen LogP contribution is -2.39. The summed E-state index contributed by atoms with van der Waals surface area (Å²) in [5.74, 6) is 1.44. The van der Waals surface area contributed by atoms with Crippen LogP contribution >= 0.6 is 151 Å². The highest BCUT2D eigenvalue weighted by molar-refractivity contribution is 6.38. The molecule has 2 heterocycles. The average molecular weight is 1490 g/mol. The Morgan fingerprint density at radius 2 is 1.06 bits per heavy atom. The van der Waals surface area contributed by atoms with Crippen LogP contribution in [0.15, 0.2) is 115 Å². The highest BCUT2D eigenvalue weighted by Crippen LogP contribution is 2.41. The second-order valence-corrected chi connectivity index (χ2v) is 26.0. The van der Waals surface area contributed by atoms with Gasteiger partial charge in [-0.05, 0) is 165 Å². The van der Waals surface area contributed by atoms with Crippen molar-refractivity contribution in [3.63, 3.8) is 0 Å². The predicted molar refractivity (Wildman–Crippen MR) is 375 cm³/mol. The second-order valence-electron chi connectivity index (χ2n) is 20.6. The third kappa shape index (κ3) is 30.7. The van der Waals surface area contributed by atoms with Gasteiger partial charge in [-0.1, -0.05) is 152 Å². The van der Waals surface area contributed by atoms with Crippen LogP contribution in [0.3, 0.4) is 0 Å². The third-order valence-corrected chi connectivity index (χ3v) is 17.8. The SMILES string of the molecule is CNC(CO)COC.COCC(CCl)CCC(Cl)c1ccc(Cl)cc1Cl.COCC(CO)CCC(O)c1ccc(Cl)cc1Cl.COC[C@@H]1CC[C@H](c2ccc(Cl)cc2Cl)N(c2ccc(Cl)cc2)C1.Clc1ccc(C2CO2)c(Cl)c1.O=Cc1ccc(Cl)cc1Cl. The molecule has 0 spiro atoms. The summed E-state index contributed by atoms with van der Waals surface area (Å²) in [5.41, 5.74) is 5.34. The van der Waals surface area contributed by atoms with Gasteiger partial charge in [-0.3, -0.25) is 4.79 Å². The van der Waals surface area contributed by atoms with Crippen molar-refractivity contribution in [1.29, 1.82) is 0 Å². The molecular formula is C65H77Cl13N2O9. The van der Waals surface area contributed by atoms with E-state index in [0.717, 1.165) is 77.9 Å². The minimum absolute atomic E-state index is 0.0377. The minimum Gasteiger partial charge on any atom is -0.396 e. The minimum atomic E-state index is -0.652. The first-order valence-corrected chi connectivity index (χ1v) is 33.3. The smallest absolute Gasteiger partial charge is 0.151 e. The van der Waals surface area contributed by atoms with E-state index in [-0.39, 0.29) is 42.7 Å². The van der Waals surface area contributed by atoms with Gasteiger partial charge in [0.2, 0.25) is 0 Å². The van der Waals surface area contributed by atoms with E-state index < -0.39 is 6.10 Å². The molecule has 0 amide bonds. The number of alkyl halides is 2. The molecule has 0 saturated carbocycles. The Kier molecular flexibility index (Phi) is 41.7. The molecule has 2 fully saturated rings. The lowest BCUT2D eigenvalue weighted by Gasteiger charge is -2.42. The molecule has 24 heteroatoms. The summed E-state index contributed by atoms with van der Waals surface area (Å²) in [5, 5.41) is 37.1. The number of anilines is 1. The Labute approximate surface area is 590 Å². The predicted octanol–water partition coefficient (Wildman–Crippen LogP) is 20.0. The van der Waals surface area contributed by atoms with Crippen LogP contribution in [0, 0.1) is 17.8 Å². The Morgan fingerprint density at radius 3 is 1.51 bits per heavy atom. The molecule has 4 N–H and O–H groups in total. The molecule has 11 nitrogen and oxygen atoms in total. The Hall–Kier alpha value is -1.80. The Morgan fingerprint density at radius 1 is 0.573 bits per heavy atom. The van der Waals surface area contributed by atoms with Crippen LogP contribution in [0.5, 0.6) is 0 Å². The maximum absolute atomic E-state index is 10.2. The number of hydrogen-bond acceptors (Lipinski definition) is 11. The molecule has 8 atom stereocenters. The topological polar surface area (TPSA) is 142 Å². The second kappa shape index (κ2) is 45.6. The van der Waals surface area contributed by atoms with Gasteiger partial charge in [0.05, 0.1) is 68.2 Å². The zero-order valence-electron chi connectivity index (χ0n) is 49.9. The van der Waals surface area contributed by atoms with Crippen molar-refractivity contribution in [2.45, 2.75) is 68.2 Å². The maximum atomic E-state index is 10.2. The van der Waals surface area contributed by atoms with Crippen molar-refractivity contribution >= 4 is 163 Å². The number of aliphatic hydroxyl groups excluding tert-OH is 3. The number of epoxide rings is 1. The Balaban J connectivity index is 0.000000290. The van der Waals surface area contributed by atoms with Crippen LogP contribution in [0.2, 0.25) is 55.2 Å². The molecule has 2 aliphatic heterocycles. The number of ether oxygens (including phenoxy) is 5. The summed E-state index contributed by atoms with van der Waals surface area (Å²) >= 11 is 77.4. The van der Waals surface area contributed by atoms with Gasteiger partial charge in [0.1, 0.15) is 6.10 Å². The van der Waals surface area contributed by atoms with Crippen molar-refractivity contribution in [3.05, 3.63) is 198 Å². The number of aldehydes is 1. The van der Waals surface area contributed by atoms with Crippen LogP contribution in [-0.4, -0.2) is 122 Å². The highest BCUT2D eigenvalue weighted by atomic mass is 35.5. The number of carbonyl (C=O) groups is 1. The first-order valence-electron chi connectivity index (χ1n) is 28.2. The van der Waals surface area contributed by atoms with Crippen molar-refractivity contribution in [2.24, 2.45) is 17.8 Å². The first-order chi connectivity index (χ1) is 42.6. The van der Waals surface area contributed by atoms with Gasteiger partial charge in [0, 0.05) is 120 Å². The van der Waals surface area contributed by atoms with Gasteiger partial charge in [-0.2, -0.15) is 0 Å². The van der Waals surface area contributed by atoms with E-state index in [1.54, 1.807) is 84.0 Å². The number of carbonyl (C=O) groups excluding carboxylic acids is 1. The number of halogens is 13. The molecule has 0 radical (unpaired) electrons. The van der Waals surface area contributed by atoms with E-state index in [4.69, 9.17) is 185 Å². The molecule has 0 aliphatic carbocycles. The van der Waals surface area contributed by atoms with Crippen molar-refractivity contribution < 1.29 is 43.8 Å². The van der Waals surface area contributed by atoms with E-state index in [9.17, 15) is 9.90 Å². The van der Waals surface area contributed by atoms with Crippen LogP contribution < -0.4 is 10.2 Å². The van der Waals surface area contributed by atoms with Crippen LogP contribution in [0.1, 0.15) is 94.8 Å². The molecule has 6 aromatic carbocycles. The average Bonchev–Trinajstić information content (AvgIpc) is 1.41. The molecule has 2 saturated heterocycles. The third-order valence-electron chi connectivity index (χ3n) is 13.9. The van der Waals surface area contributed by atoms with Gasteiger partial charge in [-0.25, -0.2) is 0 Å². The van der Waals surface area contributed by atoms with Crippen LogP contribution in [0.25, 0.3) is 0 Å². The van der Waals surface area contributed by atoms with Gasteiger partial charge >= 0.3 is 0 Å². The van der Waals surface area contributed by atoms with Gasteiger partial charge in [0.15, 0.2) is 6.29 Å². The molecule has 0 aromatic heterocycles. The summed E-state index contributed by atoms with van der Waals surface area (Å²) in [6.07, 6.45) is 5.30. The summed E-state index contributed by atoms with van der Waals surface area (Å²) in [7, 11) is 8.43. The largest absolute Gasteiger partial charge is 0.396 e. The number of likely N-dealkylation sites (N-methyl/N-ethyl adjacent to an activating group) is 1. The fourth-order valence-electron chi connectivity index (χ4n) is 8.96.